The van der Waals surface area contributed by atoms with Gasteiger partial charge in [0.05, 0.1) is 11.0 Å². The summed E-state index contributed by atoms with van der Waals surface area (Å²) in [7, 11) is 0. The van der Waals surface area contributed by atoms with E-state index >= 15 is 0 Å². The molecular weight excluding hydrogens is 322 g/mol. The third-order valence-electron chi connectivity index (χ3n) is 2.91. The van der Waals surface area contributed by atoms with E-state index in [1.165, 1.54) is 11.8 Å². The molecule has 1 aromatic carbocycles. The van der Waals surface area contributed by atoms with Gasteiger partial charge in [-0.15, -0.1) is 24.2 Å². The van der Waals surface area contributed by atoms with Crippen molar-refractivity contribution in [3.8, 4) is 0 Å². The van der Waals surface area contributed by atoms with Crippen LogP contribution < -0.4 is 16.4 Å². The first-order valence-corrected chi connectivity index (χ1v) is 7.95. The Balaban J connectivity index is 0.00000441. The summed E-state index contributed by atoms with van der Waals surface area (Å²) in [5, 5.41) is 5.31. The zero-order chi connectivity index (χ0) is 15.8. The van der Waals surface area contributed by atoms with Crippen LogP contribution in [0.2, 0.25) is 0 Å². The van der Waals surface area contributed by atoms with Gasteiger partial charge in [0.1, 0.15) is 0 Å². The van der Waals surface area contributed by atoms with Crippen LogP contribution >= 0.6 is 24.2 Å². The number of hydrogen-bond acceptors (Lipinski definition) is 4. The largest absolute Gasteiger partial charge is 0.351 e. The molecule has 0 spiro atoms. The highest BCUT2D eigenvalue weighted by Gasteiger charge is 2.16. The molecule has 7 heteroatoms. The van der Waals surface area contributed by atoms with Crippen LogP contribution in [0.3, 0.4) is 0 Å². The molecule has 0 aliphatic heterocycles. The second-order valence-corrected chi connectivity index (χ2v) is 6.34. The minimum Gasteiger partial charge on any atom is -0.351 e. The Labute approximate surface area is 142 Å². The molecular formula is C15H24ClN3O2S. The Morgan fingerprint density at radius 1 is 1.23 bits per heavy atom. The molecule has 0 bridgehead atoms. The van der Waals surface area contributed by atoms with Crippen LogP contribution in [0.1, 0.15) is 19.4 Å². The zero-order valence-electron chi connectivity index (χ0n) is 13.1. The molecule has 1 aromatic rings. The van der Waals surface area contributed by atoms with Crippen LogP contribution in [-0.2, 0) is 9.59 Å². The SMILES string of the molecule is Cc1ccc(NC(=O)CSC(C)C(=O)N[C@@H](C)CN)cc1.Cl. The van der Waals surface area contributed by atoms with E-state index in [9.17, 15) is 9.59 Å². The number of amides is 2. The number of carbonyl (C=O) groups excluding carboxylic acids is 2. The fraction of sp³-hybridized carbons (Fsp3) is 0.467. The first-order chi connectivity index (χ1) is 9.92. The van der Waals surface area contributed by atoms with Gasteiger partial charge in [0, 0.05) is 18.3 Å². The minimum atomic E-state index is -0.289. The first-order valence-electron chi connectivity index (χ1n) is 6.91. The first kappa shape index (κ1) is 20.8. The van der Waals surface area contributed by atoms with Crippen LogP contribution in [0, 0.1) is 6.92 Å². The second-order valence-electron chi connectivity index (χ2n) is 5.01. The average Bonchev–Trinajstić information content (AvgIpc) is 2.46. The van der Waals surface area contributed by atoms with E-state index in [2.05, 4.69) is 10.6 Å². The van der Waals surface area contributed by atoms with Crippen LogP contribution in [0.5, 0.6) is 0 Å². The van der Waals surface area contributed by atoms with Gasteiger partial charge in [-0.2, -0.15) is 0 Å². The Kier molecular flexibility index (Phi) is 9.89. The molecule has 124 valence electrons. The molecule has 0 heterocycles. The van der Waals surface area contributed by atoms with Gasteiger partial charge in [-0.05, 0) is 32.9 Å². The van der Waals surface area contributed by atoms with Gasteiger partial charge >= 0.3 is 0 Å². The molecule has 5 nitrogen and oxygen atoms in total. The van der Waals surface area contributed by atoms with Crippen molar-refractivity contribution in [3.05, 3.63) is 29.8 Å². The fourth-order valence-electron chi connectivity index (χ4n) is 1.53. The quantitative estimate of drug-likeness (QED) is 0.705. The number of nitrogens with one attached hydrogen (secondary N) is 2. The van der Waals surface area contributed by atoms with Gasteiger partial charge in [-0.1, -0.05) is 17.7 Å². The standard InChI is InChI=1S/C15H23N3O2S.ClH/c1-10-4-6-13(7-5-10)18-14(19)9-21-12(3)15(20)17-11(2)8-16;/h4-7,11-12H,8-9,16H2,1-3H3,(H,17,20)(H,18,19);1H/t11-,12?;/m0./s1. The predicted molar refractivity (Wildman–Crippen MR) is 95.6 cm³/mol. The van der Waals surface area contributed by atoms with Crippen molar-refractivity contribution in [3.63, 3.8) is 0 Å². The molecule has 22 heavy (non-hydrogen) atoms. The number of halogens is 1. The number of thioether (sulfide) groups is 1. The summed E-state index contributed by atoms with van der Waals surface area (Å²) >= 11 is 1.30. The monoisotopic (exact) mass is 345 g/mol. The fourth-order valence-corrected chi connectivity index (χ4v) is 2.22. The third-order valence-corrected chi connectivity index (χ3v) is 4.05. The summed E-state index contributed by atoms with van der Waals surface area (Å²) in [5.41, 5.74) is 7.36. The highest BCUT2D eigenvalue weighted by molar-refractivity contribution is 8.01. The van der Waals surface area contributed by atoms with E-state index in [0.717, 1.165) is 11.3 Å². The van der Waals surface area contributed by atoms with Gasteiger partial charge in [-0.25, -0.2) is 0 Å². The Bertz CT molecular complexity index is 482. The number of rotatable bonds is 7. The lowest BCUT2D eigenvalue weighted by atomic mass is 10.2. The summed E-state index contributed by atoms with van der Waals surface area (Å²) in [4.78, 5) is 23.6. The van der Waals surface area contributed by atoms with Crippen molar-refractivity contribution in [2.75, 3.05) is 17.6 Å². The van der Waals surface area contributed by atoms with E-state index < -0.39 is 0 Å². The maximum absolute atomic E-state index is 11.8. The lowest BCUT2D eigenvalue weighted by Gasteiger charge is -2.15. The number of nitrogens with two attached hydrogens (primary N) is 1. The van der Waals surface area contributed by atoms with Crippen molar-refractivity contribution in [2.45, 2.75) is 32.1 Å². The van der Waals surface area contributed by atoms with Crippen LogP contribution in [0.25, 0.3) is 0 Å². The summed E-state index contributed by atoms with van der Waals surface area (Å²) in [6.45, 7) is 6.02. The van der Waals surface area contributed by atoms with Crippen LogP contribution in [-0.4, -0.2) is 35.4 Å². The van der Waals surface area contributed by atoms with Crippen molar-refractivity contribution in [1.29, 1.82) is 0 Å². The number of aryl methyl sites for hydroxylation is 1. The minimum absolute atomic E-state index is 0. The van der Waals surface area contributed by atoms with Gasteiger partial charge in [0.15, 0.2) is 0 Å². The topological polar surface area (TPSA) is 84.2 Å². The summed E-state index contributed by atoms with van der Waals surface area (Å²) in [5.74, 6) is 0.0240. The molecule has 2 amide bonds. The van der Waals surface area contributed by atoms with Gasteiger partial charge < -0.3 is 16.4 Å². The molecule has 0 fully saturated rings. The average molecular weight is 346 g/mol. The van der Waals surface area contributed by atoms with Crippen LogP contribution in [0.4, 0.5) is 5.69 Å². The van der Waals surface area contributed by atoms with Crippen molar-refractivity contribution >= 4 is 41.7 Å². The highest BCUT2D eigenvalue weighted by Crippen LogP contribution is 2.13. The summed E-state index contributed by atoms with van der Waals surface area (Å²) in [6.07, 6.45) is 0. The van der Waals surface area contributed by atoms with Crippen molar-refractivity contribution in [2.24, 2.45) is 5.73 Å². The summed E-state index contributed by atoms with van der Waals surface area (Å²) in [6, 6.07) is 7.54. The number of carbonyl (C=O) groups is 2. The third kappa shape index (κ3) is 7.68. The Morgan fingerprint density at radius 3 is 2.36 bits per heavy atom. The molecule has 0 saturated heterocycles. The molecule has 0 aliphatic rings. The van der Waals surface area contributed by atoms with Gasteiger partial charge in [0.2, 0.25) is 11.8 Å². The van der Waals surface area contributed by atoms with E-state index in [1.54, 1.807) is 6.92 Å². The van der Waals surface area contributed by atoms with E-state index in [-0.39, 0.29) is 41.3 Å². The number of anilines is 1. The van der Waals surface area contributed by atoms with E-state index in [4.69, 9.17) is 5.73 Å². The smallest absolute Gasteiger partial charge is 0.234 e. The molecule has 4 N–H and O–H groups in total. The van der Waals surface area contributed by atoms with Crippen LogP contribution in [0.15, 0.2) is 24.3 Å². The van der Waals surface area contributed by atoms with Crippen molar-refractivity contribution in [1.82, 2.24) is 5.32 Å². The number of benzene rings is 1. The normalized spacial score (nSPS) is 12.7. The van der Waals surface area contributed by atoms with E-state index in [1.807, 2.05) is 38.1 Å². The summed E-state index contributed by atoms with van der Waals surface area (Å²) < 4.78 is 0. The lowest BCUT2D eigenvalue weighted by Crippen LogP contribution is -2.41. The lowest BCUT2D eigenvalue weighted by molar-refractivity contribution is -0.120. The molecule has 0 saturated carbocycles. The number of hydrogen-bond donors (Lipinski definition) is 3. The van der Waals surface area contributed by atoms with Gasteiger partial charge in [0.25, 0.3) is 0 Å². The second kappa shape index (κ2) is 10.5. The molecule has 0 radical (unpaired) electrons. The molecule has 2 atom stereocenters. The predicted octanol–water partition coefficient (Wildman–Crippen LogP) is 1.94. The van der Waals surface area contributed by atoms with Crippen molar-refractivity contribution < 1.29 is 9.59 Å². The Morgan fingerprint density at radius 2 is 1.82 bits per heavy atom. The molecule has 0 aromatic heterocycles. The molecule has 1 rings (SSSR count). The maximum Gasteiger partial charge on any atom is 0.234 e. The Hall–Kier alpha value is -1.24. The maximum atomic E-state index is 11.8. The molecule has 0 aliphatic carbocycles. The van der Waals surface area contributed by atoms with Gasteiger partial charge in [-0.3, -0.25) is 9.59 Å². The van der Waals surface area contributed by atoms with E-state index in [0.29, 0.717) is 6.54 Å². The zero-order valence-corrected chi connectivity index (χ0v) is 14.7. The molecule has 1 unspecified atom stereocenters. The highest BCUT2D eigenvalue weighted by atomic mass is 35.5.